The van der Waals surface area contributed by atoms with Crippen LogP contribution in [0, 0.1) is 5.82 Å². The average Bonchev–Trinajstić information content (AvgIpc) is 3.32. The van der Waals surface area contributed by atoms with Gasteiger partial charge in [-0.3, -0.25) is 9.69 Å². The Bertz CT molecular complexity index is 1380. The molecule has 1 aromatic carbocycles. The number of likely N-dealkylation sites (tertiary alicyclic amines) is 1. The van der Waals surface area contributed by atoms with Gasteiger partial charge in [0.15, 0.2) is 11.4 Å². The number of halogens is 3. The number of furan rings is 1. The van der Waals surface area contributed by atoms with Crippen molar-refractivity contribution in [3.8, 4) is 5.75 Å². The van der Waals surface area contributed by atoms with Gasteiger partial charge in [-0.2, -0.15) is 0 Å². The first-order valence-electron chi connectivity index (χ1n) is 12.4. The molecule has 0 spiro atoms. The highest BCUT2D eigenvalue weighted by Gasteiger charge is 2.31. The Hall–Kier alpha value is -2.81. The predicted molar refractivity (Wildman–Crippen MR) is 143 cm³/mol. The minimum Gasteiger partial charge on any atom is -0.478 e. The highest BCUT2D eigenvalue weighted by atomic mass is 35.5. The van der Waals surface area contributed by atoms with Crippen LogP contribution in [0.2, 0.25) is 10.0 Å². The van der Waals surface area contributed by atoms with Gasteiger partial charge in [0.05, 0.1) is 22.7 Å². The van der Waals surface area contributed by atoms with E-state index in [-0.39, 0.29) is 33.6 Å². The predicted octanol–water partition coefficient (Wildman–Crippen LogP) is 6.10. The molecule has 1 unspecified atom stereocenters. The number of piperidine rings is 1. The van der Waals surface area contributed by atoms with Crippen molar-refractivity contribution in [2.45, 2.75) is 44.8 Å². The van der Waals surface area contributed by atoms with Gasteiger partial charge in [0.2, 0.25) is 11.7 Å². The minimum absolute atomic E-state index is 0.0348. The lowest BCUT2D eigenvalue weighted by molar-refractivity contribution is -0.137. The molecule has 2 atom stereocenters. The second-order valence-electron chi connectivity index (χ2n) is 9.64. The lowest BCUT2D eigenvalue weighted by Crippen LogP contribution is -2.50. The van der Waals surface area contributed by atoms with Gasteiger partial charge in [0.25, 0.3) is 0 Å². The normalized spacial score (nSPS) is 19.6. The van der Waals surface area contributed by atoms with Crippen LogP contribution in [0.15, 0.2) is 35.1 Å². The third-order valence-electron chi connectivity index (χ3n) is 7.30. The van der Waals surface area contributed by atoms with E-state index in [9.17, 15) is 9.18 Å². The number of nitrogens with two attached hydrogens (primary N) is 1. The second-order valence-corrected chi connectivity index (χ2v) is 10.4. The molecule has 0 saturated carbocycles. The fourth-order valence-corrected chi connectivity index (χ4v) is 5.88. The van der Waals surface area contributed by atoms with E-state index < -0.39 is 11.9 Å². The fraction of sp³-hybridized carbons (Fsp3) is 0.407. The number of benzene rings is 1. The summed E-state index contributed by atoms with van der Waals surface area (Å²) >= 11 is 12.4. The van der Waals surface area contributed by atoms with E-state index in [0.29, 0.717) is 30.7 Å². The summed E-state index contributed by atoms with van der Waals surface area (Å²) < 4.78 is 26.1. The van der Waals surface area contributed by atoms with Crippen LogP contribution in [0.1, 0.15) is 49.8 Å². The van der Waals surface area contributed by atoms with Gasteiger partial charge >= 0.3 is 0 Å². The van der Waals surface area contributed by atoms with Crippen molar-refractivity contribution in [2.75, 3.05) is 32.4 Å². The monoisotopic (exact) mass is 546 g/mol. The molecule has 0 bridgehead atoms. The molecule has 0 aliphatic carbocycles. The maximum absolute atomic E-state index is 14.1. The van der Waals surface area contributed by atoms with Crippen LogP contribution in [0.5, 0.6) is 5.75 Å². The topological polar surface area (TPSA) is 84.8 Å². The van der Waals surface area contributed by atoms with Gasteiger partial charge < -0.3 is 19.8 Å². The van der Waals surface area contributed by atoms with Crippen molar-refractivity contribution in [2.24, 2.45) is 0 Å². The fourth-order valence-electron chi connectivity index (χ4n) is 5.21. The zero-order valence-electron chi connectivity index (χ0n) is 20.8. The van der Waals surface area contributed by atoms with Gasteiger partial charge in [0.1, 0.15) is 11.9 Å². The molecule has 3 aromatic rings. The molecule has 2 N–H and O–H groups in total. The molecule has 4 heterocycles. The first-order chi connectivity index (χ1) is 17.8. The quantitative estimate of drug-likeness (QED) is 0.389. The lowest BCUT2D eigenvalue weighted by atomic mass is 9.97. The van der Waals surface area contributed by atoms with Crippen molar-refractivity contribution >= 4 is 51.5 Å². The number of ether oxygens (including phenoxy) is 1. The Balaban J connectivity index is 1.38. The van der Waals surface area contributed by atoms with Gasteiger partial charge in [0, 0.05) is 35.4 Å². The number of carbonyl (C=O) groups excluding carboxylic acids is 1. The van der Waals surface area contributed by atoms with Crippen LogP contribution in [0.25, 0.3) is 16.5 Å². The summed E-state index contributed by atoms with van der Waals surface area (Å²) in [5, 5.41) is 0.916. The standard InChI is InChI=1S/C27H29Cl2FN4O3/c1-15(22-19(28)6-7-20(30)23(22)29)37-25-24-17(13-32-26(25)31)18(14-36-24)16-8-11-34(12-9-16)27(35)21-5-3-4-10-33(21)2/h6-8,13-15,21H,3-5,9-12H2,1-2H3,(H2,31,32)/t15-,21?/m1/s1. The SMILES string of the molecule is C[C@@H](Oc1c(N)ncc2c(C3=CCN(C(=O)C4CCCCN4C)CC3)coc12)c1c(Cl)ccc(F)c1Cl. The molecule has 1 saturated heterocycles. The molecular weight excluding hydrogens is 518 g/mol. The Morgan fingerprint density at radius 3 is 2.84 bits per heavy atom. The highest BCUT2D eigenvalue weighted by Crippen LogP contribution is 2.41. The van der Waals surface area contributed by atoms with Crippen LogP contribution in [-0.2, 0) is 4.79 Å². The van der Waals surface area contributed by atoms with Crippen LogP contribution in [0.3, 0.4) is 0 Å². The maximum atomic E-state index is 14.1. The summed E-state index contributed by atoms with van der Waals surface area (Å²) in [6.07, 6.45) is 8.50. The molecule has 5 rings (SSSR count). The third-order valence-corrected chi connectivity index (χ3v) is 8.02. The molecule has 2 aliphatic rings. The number of pyridine rings is 1. The average molecular weight is 547 g/mol. The number of fused-ring (bicyclic) bond motifs is 1. The number of amides is 1. The second kappa shape index (κ2) is 10.5. The number of anilines is 1. The Morgan fingerprint density at radius 2 is 2.11 bits per heavy atom. The molecule has 2 aliphatic heterocycles. The van der Waals surface area contributed by atoms with Gasteiger partial charge in [-0.1, -0.05) is 35.7 Å². The molecule has 196 valence electrons. The van der Waals surface area contributed by atoms with Crippen molar-refractivity contribution in [1.82, 2.24) is 14.8 Å². The molecule has 1 fully saturated rings. The Kier molecular flexibility index (Phi) is 7.34. The number of hydrogen-bond acceptors (Lipinski definition) is 6. The van der Waals surface area contributed by atoms with Crippen molar-refractivity contribution in [3.63, 3.8) is 0 Å². The van der Waals surface area contributed by atoms with E-state index in [4.69, 9.17) is 38.1 Å². The first-order valence-corrected chi connectivity index (χ1v) is 13.2. The zero-order valence-corrected chi connectivity index (χ0v) is 22.3. The zero-order chi connectivity index (χ0) is 26.3. The van der Waals surface area contributed by atoms with E-state index in [1.165, 1.54) is 12.1 Å². The van der Waals surface area contributed by atoms with Gasteiger partial charge in [-0.15, -0.1) is 0 Å². The number of rotatable bonds is 5. The van der Waals surface area contributed by atoms with E-state index in [1.54, 1.807) is 19.4 Å². The van der Waals surface area contributed by atoms with Crippen LogP contribution in [-0.4, -0.2) is 53.4 Å². The van der Waals surface area contributed by atoms with Gasteiger partial charge in [-0.25, -0.2) is 9.37 Å². The van der Waals surface area contributed by atoms with Crippen LogP contribution >= 0.6 is 23.2 Å². The van der Waals surface area contributed by atoms with Gasteiger partial charge in [-0.05, 0) is 57.5 Å². The molecule has 37 heavy (non-hydrogen) atoms. The number of nitrogen functional groups attached to an aromatic ring is 1. The Labute approximate surface area is 224 Å². The first kappa shape index (κ1) is 25.8. The summed E-state index contributed by atoms with van der Waals surface area (Å²) in [7, 11) is 2.03. The molecular formula is C27H29Cl2FN4O3. The van der Waals surface area contributed by atoms with Crippen molar-refractivity contribution < 1.29 is 18.3 Å². The number of carbonyl (C=O) groups is 1. The smallest absolute Gasteiger partial charge is 0.240 e. The summed E-state index contributed by atoms with van der Waals surface area (Å²) in [5.74, 6) is -0.0209. The summed E-state index contributed by atoms with van der Waals surface area (Å²) in [4.78, 5) is 21.5. The van der Waals surface area contributed by atoms with Crippen molar-refractivity contribution in [3.05, 3.63) is 57.7 Å². The molecule has 2 aromatic heterocycles. The van der Waals surface area contributed by atoms with E-state index in [1.807, 2.05) is 11.9 Å². The number of hydrogen-bond donors (Lipinski definition) is 1. The van der Waals surface area contributed by atoms with E-state index in [2.05, 4.69) is 16.0 Å². The third kappa shape index (κ3) is 4.90. The largest absolute Gasteiger partial charge is 0.478 e. The van der Waals surface area contributed by atoms with E-state index >= 15 is 0 Å². The van der Waals surface area contributed by atoms with Crippen LogP contribution in [0.4, 0.5) is 10.2 Å². The molecule has 0 radical (unpaired) electrons. The lowest BCUT2D eigenvalue weighted by Gasteiger charge is -2.36. The Morgan fingerprint density at radius 1 is 1.30 bits per heavy atom. The number of nitrogens with zero attached hydrogens (tertiary/aromatic N) is 3. The van der Waals surface area contributed by atoms with E-state index in [0.717, 1.165) is 42.3 Å². The molecule has 10 heteroatoms. The van der Waals surface area contributed by atoms with Crippen molar-refractivity contribution in [1.29, 1.82) is 0 Å². The molecule has 7 nitrogen and oxygen atoms in total. The minimum atomic E-state index is -0.717. The maximum Gasteiger partial charge on any atom is 0.240 e. The number of likely N-dealkylation sites (N-methyl/N-ethyl adjacent to an activating group) is 1. The molecule has 1 amide bonds. The summed E-state index contributed by atoms with van der Waals surface area (Å²) in [5.41, 5.74) is 8.84. The summed E-state index contributed by atoms with van der Waals surface area (Å²) in [6, 6.07) is 2.60. The highest BCUT2D eigenvalue weighted by molar-refractivity contribution is 6.36. The summed E-state index contributed by atoms with van der Waals surface area (Å²) in [6.45, 7) is 3.85. The van der Waals surface area contributed by atoms with Crippen LogP contribution < -0.4 is 10.5 Å². The number of aromatic nitrogens is 1.